The molecule has 8 heteroatoms. The van der Waals surface area contributed by atoms with Crippen LogP contribution in [0.25, 0.3) is 0 Å². The van der Waals surface area contributed by atoms with Crippen molar-refractivity contribution in [2.45, 2.75) is 38.7 Å². The normalized spacial score (nSPS) is 11.8. The van der Waals surface area contributed by atoms with Gasteiger partial charge in [-0.2, -0.15) is 0 Å². The van der Waals surface area contributed by atoms with E-state index in [1.165, 1.54) is 6.92 Å². The Morgan fingerprint density at radius 2 is 1.50 bits per heavy atom. The minimum Gasteiger partial charge on any atom is -0.460 e. The monoisotopic (exact) mass is 438 g/mol. The molecule has 0 saturated carbocycles. The number of amides is 2. The molecule has 2 atom stereocenters. The number of aliphatic hydroxyl groups is 1. The first-order valence-electron chi connectivity index (χ1n) is 10.0. The average Bonchev–Trinajstić information content (AvgIpc) is 2.80. The van der Waals surface area contributed by atoms with Crippen molar-refractivity contribution in [3.8, 4) is 11.8 Å². The van der Waals surface area contributed by atoms with E-state index in [1.54, 1.807) is 12.1 Å². The number of hydrogen-bond donors (Lipinski definition) is 3. The van der Waals surface area contributed by atoms with Gasteiger partial charge in [0.15, 0.2) is 0 Å². The van der Waals surface area contributed by atoms with Crippen LogP contribution in [0, 0.1) is 11.8 Å². The summed E-state index contributed by atoms with van der Waals surface area (Å²) in [7, 11) is 0. The summed E-state index contributed by atoms with van der Waals surface area (Å²) >= 11 is 0. The van der Waals surface area contributed by atoms with Crippen molar-refractivity contribution in [2.75, 3.05) is 6.54 Å². The van der Waals surface area contributed by atoms with Gasteiger partial charge in [0.1, 0.15) is 25.7 Å². The summed E-state index contributed by atoms with van der Waals surface area (Å²) in [5.41, 5.74) is 1.62. The van der Waals surface area contributed by atoms with Crippen molar-refractivity contribution in [3.63, 3.8) is 0 Å². The Morgan fingerprint density at radius 1 is 0.938 bits per heavy atom. The van der Waals surface area contributed by atoms with Crippen LogP contribution in [-0.2, 0) is 32.3 Å². The second-order valence-electron chi connectivity index (χ2n) is 6.78. The molecular weight excluding hydrogens is 412 g/mol. The quantitative estimate of drug-likeness (QED) is 0.297. The van der Waals surface area contributed by atoms with Gasteiger partial charge < -0.3 is 25.2 Å². The van der Waals surface area contributed by atoms with Gasteiger partial charge in [-0.25, -0.2) is 4.79 Å². The number of benzene rings is 2. The maximum atomic E-state index is 12.2. The predicted octanol–water partition coefficient (Wildman–Crippen LogP) is 1.92. The molecule has 0 aromatic heterocycles. The van der Waals surface area contributed by atoms with Crippen molar-refractivity contribution < 1.29 is 29.0 Å². The predicted molar refractivity (Wildman–Crippen MR) is 117 cm³/mol. The molecular formula is C24H26N2O6. The van der Waals surface area contributed by atoms with Gasteiger partial charge in [-0.1, -0.05) is 66.6 Å². The van der Waals surface area contributed by atoms with Crippen LogP contribution in [0.5, 0.6) is 0 Å². The highest BCUT2D eigenvalue weighted by Gasteiger charge is 2.22. The van der Waals surface area contributed by atoms with Gasteiger partial charge >= 0.3 is 12.1 Å². The maximum Gasteiger partial charge on any atom is 0.407 e. The zero-order valence-electron chi connectivity index (χ0n) is 17.7. The van der Waals surface area contributed by atoms with E-state index in [2.05, 4.69) is 22.5 Å². The van der Waals surface area contributed by atoms with E-state index in [4.69, 9.17) is 9.47 Å². The first-order chi connectivity index (χ1) is 15.5. The second kappa shape index (κ2) is 13.5. The minimum absolute atomic E-state index is 0.0507. The number of esters is 1. The zero-order chi connectivity index (χ0) is 23.2. The molecule has 2 aromatic carbocycles. The molecule has 2 rings (SSSR count). The molecule has 0 spiro atoms. The van der Waals surface area contributed by atoms with E-state index in [-0.39, 0.29) is 19.8 Å². The minimum atomic E-state index is -1.25. The Labute approximate surface area is 186 Å². The fourth-order valence-corrected chi connectivity index (χ4v) is 2.64. The summed E-state index contributed by atoms with van der Waals surface area (Å²) in [6, 6.07) is 17.3. The van der Waals surface area contributed by atoms with E-state index in [1.807, 2.05) is 48.5 Å². The van der Waals surface area contributed by atoms with Crippen molar-refractivity contribution in [1.82, 2.24) is 10.6 Å². The summed E-state index contributed by atoms with van der Waals surface area (Å²) in [5.74, 6) is 3.69. The molecule has 0 radical (unpaired) electrons. The average molecular weight is 438 g/mol. The molecule has 0 heterocycles. The van der Waals surface area contributed by atoms with Crippen LogP contribution in [0.4, 0.5) is 4.79 Å². The Balaban J connectivity index is 1.80. The number of ether oxygens (including phenoxy) is 2. The molecule has 0 unspecified atom stereocenters. The molecule has 3 N–H and O–H groups in total. The summed E-state index contributed by atoms with van der Waals surface area (Å²) < 4.78 is 10.2. The van der Waals surface area contributed by atoms with Gasteiger partial charge in [-0.3, -0.25) is 9.59 Å². The standard InChI is InChI=1S/C24H26N2O6/c1-2-9-21(27)20(15-25-24(30)32-17-19-12-7-4-8-13-19)26-22(28)14-23(29)31-16-18-10-5-3-6-11-18/h3-8,10-13,20-21,27H,14-17H2,1H3,(H,25,30)(H,26,28)/t20-,21-/m0/s1. The van der Waals surface area contributed by atoms with Crippen LogP contribution >= 0.6 is 0 Å². The van der Waals surface area contributed by atoms with E-state index in [0.29, 0.717) is 0 Å². The summed E-state index contributed by atoms with van der Waals surface area (Å²) in [6.45, 7) is 1.52. The maximum absolute atomic E-state index is 12.2. The Morgan fingerprint density at radius 3 is 2.06 bits per heavy atom. The van der Waals surface area contributed by atoms with Crippen LogP contribution in [0.3, 0.4) is 0 Å². The molecule has 0 aliphatic heterocycles. The SMILES string of the molecule is CC#C[C@H](O)[C@H](CNC(=O)OCc1ccccc1)NC(=O)CC(=O)OCc1ccccc1. The number of carbonyl (C=O) groups excluding carboxylic acids is 3. The smallest absolute Gasteiger partial charge is 0.407 e. The summed E-state index contributed by atoms with van der Waals surface area (Å²) in [6.07, 6.45) is -2.50. The number of nitrogens with one attached hydrogen (secondary N) is 2. The molecule has 0 saturated heterocycles. The molecule has 2 aromatic rings. The third kappa shape index (κ3) is 9.32. The van der Waals surface area contributed by atoms with Gasteiger partial charge in [0.2, 0.25) is 5.91 Å². The molecule has 0 fully saturated rings. The largest absolute Gasteiger partial charge is 0.460 e. The highest BCUT2D eigenvalue weighted by Crippen LogP contribution is 2.03. The second-order valence-corrected chi connectivity index (χ2v) is 6.78. The molecule has 8 nitrogen and oxygen atoms in total. The molecule has 32 heavy (non-hydrogen) atoms. The Hall–Kier alpha value is -3.83. The van der Waals surface area contributed by atoms with E-state index in [0.717, 1.165) is 11.1 Å². The van der Waals surface area contributed by atoms with Crippen molar-refractivity contribution in [1.29, 1.82) is 0 Å². The van der Waals surface area contributed by atoms with Crippen molar-refractivity contribution >= 4 is 18.0 Å². The lowest BCUT2D eigenvalue weighted by atomic mass is 10.1. The number of hydrogen-bond acceptors (Lipinski definition) is 6. The third-order valence-electron chi connectivity index (χ3n) is 4.25. The van der Waals surface area contributed by atoms with Crippen LogP contribution in [0.15, 0.2) is 60.7 Å². The number of rotatable bonds is 10. The topological polar surface area (TPSA) is 114 Å². The van der Waals surface area contributed by atoms with Gasteiger partial charge in [-0.15, -0.1) is 5.92 Å². The van der Waals surface area contributed by atoms with Crippen LogP contribution in [0.2, 0.25) is 0 Å². The van der Waals surface area contributed by atoms with Crippen molar-refractivity contribution in [2.24, 2.45) is 0 Å². The van der Waals surface area contributed by atoms with E-state index >= 15 is 0 Å². The lowest BCUT2D eigenvalue weighted by Crippen LogP contribution is -2.50. The molecule has 2 amide bonds. The van der Waals surface area contributed by atoms with Gasteiger partial charge in [0, 0.05) is 6.54 Å². The number of carbonyl (C=O) groups is 3. The highest BCUT2D eigenvalue weighted by atomic mass is 16.5. The van der Waals surface area contributed by atoms with Crippen molar-refractivity contribution in [3.05, 3.63) is 71.8 Å². The Bertz CT molecular complexity index is 937. The lowest BCUT2D eigenvalue weighted by molar-refractivity contribution is -0.147. The summed E-state index contributed by atoms with van der Waals surface area (Å²) in [5, 5.41) is 15.1. The van der Waals surface area contributed by atoms with Crippen LogP contribution in [-0.4, -0.2) is 41.8 Å². The van der Waals surface area contributed by atoms with Gasteiger partial charge in [0.25, 0.3) is 0 Å². The molecule has 0 aliphatic carbocycles. The highest BCUT2D eigenvalue weighted by molar-refractivity contribution is 5.94. The fraction of sp³-hybridized carbons (Fsp3) is 0.292. The number of aliphatic hydroxyl groups excluding tert-OH is 1. The Kier molecular flexibility index (Phi) is 10.3. The van der Waals surface area contributed by atoms with Crippen LogP contribution in [0.1, 0.15) is 24.5 Å². The molecule has 168 valence electrons. The lowest BCUT2D eigenvalue weighted by Gasteiger charge is -2.21. The van der Waals surface area contributed by atoms with Gasteiger partial charge in [0.05, 0.1) is 6.04 Å². The van der Waals surface area contributed by atoms with Gasteiger partial charge in [-0.05, 0) is 18.1 Å². The van der Waals surface area contributed by atoms with Crippen LogP contribution < -0.4 is 10.6 Å². The molecule has 0 aliphatic rings. The third-order valence-corrected chi connectivity index (χ3v) is 4.25. The van der Waals surface area contributed by atoms with E-state index < -0.39 is 36.5 Å². The fourth-order valence-electron chi connectivity index (χ4n) is 2.64. The molecule has 0 bridgehead atoms. The zero-order valence-corrected chi connectivity index (χ0v) is 17.7. The first kappa shape index (κ1) is 24.4. The number of alkyl carbamates (subject to hydrolysis) is 1. The van der Waals surface area contributed by atoms with E-state index in [9.17, 15) is 19.5 Å². The summed E-state index contributed by atoms with van der Waals surface area (Å²) in [4.78, 5) is 36.1. The first-order valence-corrected chi connectivity index (χ1v) is 10.0.